The predicted molar refractivity (Wildman–Crippen MR) is 91.3 cm³/mol. The Morgan fingerprint density at radius 3 is 2.65 bits per heavy atom. The number of aliphatic carboxylic acids is 1. The molecule has 0 amide bonds. The van der Waals surface area contributed by atoms with Gasteiger partial charge in [0.1, 0.15) is 0 Å². The molecule has 3 heteroatoms. The number of fused-ring (bicyclic) bond motifs is 2. The monoisotopic (exact) mass is 320 g/mol. The highest BCUT2D eigenvalue weighted by atomic mass is 16.5. The van der Waals surface area contributed by atoms with Gasteiger partial charge in [0, 0.05) is 13.0 Å². The molecule has 0 aromatic carbocycles. The van der Waals surface area contributed by atoms with Crippen LogP contribution >= 0.6 is 0 Å². The minimum Gasteiger partial charge on any atom is -0.481 e. The van der Waals surface area contributed by atoms with Gasteiger partial charge in [0.05, 0.1) is 6.10 Å². The summed E-state index contributed by atoms with van der Waals surface area (Å²) in [5.74, 6) is 2.53. The fourth-order valence-electron chi connectivity index (χ4n) is 5.11. The molecule has 3 nitrogen and oxygen atoms in total. The number of carbonyl (C=O) groups is 1. The standard InChI is InChI=1S/C20H32O3/c21-19(22)10-4-2-1-3-9-18-16-11-12-17(13-16)20(18)23-14-15-7-5-6-8-15/h1,3,15-18,20H,2,4-14H2,(H,21,22)/b3-1-/t16-,17+,18-,20-/m1/s1. The number of unbranched alkanes of at least 4 members (excludes halogenated alkanes) is 1. The first-order valence-corrected chi connectivity index (χ1v) is 9.72. The SMILES string of the molecule is O=C(O)CCC/C=C\C[C@@H]1[C@@H]2CC[C@@H](C2)[C@H]1OCC1CCCC1. The molecule has 3 saturated carbocycles. The first kappa shape index (κ1) is 17.0. The van der Waals surface area contributed by atoms with E-state index in [0.29, 0.717) is 12.0 Å². The van der Waals surface area contributed by atoms with Crippen LogP contribution in [0.1, 0.15) is 70.6 Å². The van der Waals surface area contributed by atoms with Gasteiger partial charge in [-0.2, -0.15) is 0 Å². The molecule has 4 atom stereocenters. The van der Waals surface area contributed by atoms with Crippen LogP contribution in [0.4, 0.5) is 0 Å². The first-order valence-electron chi connectivity index (χ1n) is 9.72. The van der Waals surface area contributed by atoms with E-state index in [1.807, 2.05) is 0 Å². The van der Waals surface area contributed by atoms with Gasteiger partial charge in [-0.15, -0.1) is 0 Å². The Morgan fingerprint density at radius 2 is 1.87 bits per heavy atom. The Bertz CT molecular complexity index is 411. The molecule has 3 aliphatic carbocycles. The molecular formula is C20H32O3. The van der Waals surface area contributed by atoms with E-state index in [-0.39, 0.29) is 6.42 Å². The minimum absolute atomic E-state index is 0.283. The fraction of sp³-hybridized carbons (Fsp3) is 0.850. The van der Waals surface area contributed by atoms with Crippen LogP contribution in [0.5, 0.6) is 0 Å². The zero-order valence-corrected chi connectivity index (χ0v) is 14.3. The van der Waals surface area contributed by atoms with Crippen molar-refractivity contribution in [1.29, 1.82) is 0 Å². The number of rotatable bonds is 9. The van der Waals surface area contributed by atoms with Crippen LogP contribution in [0.2, 0.25) is 0 Å². The summed E-state index contributed by atoms with van der Waals surface area (Å²) in [6, 6.07) is 0. The lowest BCUT2D eigenvalue weighted by Crippen LogP contribution is -2.31. The van der Waals surface area contributed by atoms with Crippen molar-refractivity contribution in [2.45, 2.75) is 76.7 Å². The van der Waals surface area contributed by atoms with Gasteiger partial charge in [-0.1, -0.05) is 25.0 Å². The molecule has 0 aromatic rings. The lowest BCUT2D eigenvalue weighted by atomic mass is 9.83. The third-order valence-corrected chi connectivity index (χ3v) is 6.34. The topological polar surface area (TPSA) is 46.5 Å². The Labute approximate surface area is 140 Å². The normalized spacial score (nSPS) is 33.9. The largest absolute Gasteiger partial charge is 0.481 e. The van der Waals surface area contributed by atoms with Crippen molar-refractivity contribution in [3.63, 3.8) is 0 Å². The summed E-state index contributed by atoms with van der Waals surface area (Å²) < 4.78 is 6.43. The lowest BCUT2D eigenvalue weighted by Gasteiger charge is -2.31. The van der Waals surface area contributed by atoms with Crippen molar-refractivity contribution in [2.75, 3.05) is 6.61 Å². The lowest BCUT2D eigenvalue weighted by molar-refractivity contribution is -0.137. The Kier molecular flexibility index (Phi) is 6.15. The predicted octanol–water partition coefficient (Wildman–Crippen LogP) is 4.81. The van der Waals surface area contributed by atoms with E-state index >= 15 is 0 Å². The molecule has 0 heterocycles. The summed E-state index contributed by atoms with van der Waals surface area (Å²) in [6.07, 6.45) is 17.7. The van der Waals surface area contributed by atoms with E-state index in [0.717, 1.165) is 43.6 Å². The Balaban J connectivity index is 1.42. The summed E-state index contributed by atoms with van der Waals surface area (Å²) in [5, 5.41) is 8.66. The number of hydrogen-bond donors (Lipinski definition) is 1. The van der Waals surface area contributed by atoms with Crippen LogP contribution in [0, 0.1) is 23.7 Å². The highest BCUT2D eigenvalue weighted by molar-refractivity contribution is 5.66. The zero-order chi connectivity index (χ0) is 16.1. The number of hydrogen-bond acceptors (Lipinski definition) is 2. The Hall–Kier alpha value is -0.830. The summed E-state index contributed by atoms with van der Waals surface area (Å²) in [6.45, 7) is 0.993. The van der Waals surface area contributed by atoms with Gasteiger partial charge in [-0.05, 0) is 75.0 Å². The van der Waals surface area contributed by atoms with E-state index in [1.54, 1.807) is 0 Å². The molecule has 130 valence electrons. The third kappa shape index (κ3) is 4.59. The zero-order valence-electron chi connectivity index (χ0n) is 14.3. The van der Waals surface area contributed by atoms with Crippen LogP contribution in [-0.2, 0) is 9.53 Å². The molecule has 3 fully saturated rings. The molecular weight excluding hydrogens is 288 g/mol. The summed E-state index contributed by atoms with van der Waals surface area (Å²) >= 11 is 0. The van der Waals surface area contributed by atoms with Gasteiger partial charge in [-0.3, -0.25) is 4.79 Å². The number of ether oxygens (including phenoxy) is 1. The summed E-state index contributed by atoms with van der Waals surface area (Å²) in [4.78, 5) is 10.5. The molecule has 0 spiro atoms. The molecule has 1 N–H and O–H groups in total. The van der Waals surface area contributed by atoms with Gasteiger partial charge < -0.3 is 9.84 Å². The molecule has 2 bridgehead atoms. The third-order valence-electron chi connectivity index (χ3n) is 6.34. The van der Waals surface area contributed by atoms with Gasteiger partial charge in [0.15, 0.2) is 0 Å². The average molecular weight is 320 g/mol. The van der Waals surface area contributed by atoms with Crippen molar-refractivity contribution in [3.8, 4) is 0 Å². The van der Waals surface area contributed by atoms with E-state index in [4.69, 9.17) is 9.84 Å². The molecule has 0 aromatic heterocycles. The smallest absolute Gasteiger partial charge is 0.303 e. The van der Waals surface area contributed by atoms with Crippen LogP contribution < -0.4 is 0 Å². The molecule has 0 aliphatic heterocycles. The van der Waals surface area contributed by atoms with Crippen LogP contribution in [0.3, 0.4) is 0 Å². The highest BCUT2D eigenvalue weighted by Crippen LogP contribution is 2.51. The maximum atomic E-state index is 10.5. The second kappa shape index (κ2) is 8.32. The van der Waals surface area contributed by atoms with Gasteiger partial charge in [0.2, 0.25) is 0 Å². The van der Waals surface area contributed by atoms with Gasteiger partial charge in [0.25, 0.3) is 0 Å². The van der Waals surface area contributed by atoms with Crippen molar-refractivity contribution in [1.82, 2.24) is 0 Å². The van der Waals surface area contributed by atoms with Crippen molar-refractivity contribution < 1.29 is 14.6 Å². The van der Waals surface area contributed by atoms with E-state index in [9.17, 15) is 4.79 Å². The first-order chi connectivity index (χ1) is 11.2. The van der Waals surface area contributed by atoms with Gasteiger partial charge >= 0.3 is 5.97 Å². The maximum absolute atomic E-state index is 10.5. The second-order valence-corrected chi connectivity index (χ2v) is 7.94. The van der Waals surface area contributed by atoms with Crippen molar-refractivity contribution in [2.24, 2.45) is 23.7 Å². The molecule has 3 aliphatic rings. The molecule has 0 unspecified atom stereocenters. The molecule has 3 rings (SSSR count). The average Bonchev–Trinajstić information content (AvgIpc) is 3.25. The van der Waals surface area contributed by atoms with Crippen molar-refractivity contribution in [3.05, 3.63) is 12.2 Å². The quantitative estimate of drug-likeness (QED) is 0.490. The van der Waals surface area contributed by atoms with E-state index in [1.165, 1.54) is 44.9 Å². The van der Waals surface area contributed by atoms with Crippen LogP contribution in [0.15, 0.2) is 12.2 Å². The molecule has 23 heavy (non-hydrogen) atoms. The van der Waals surface area contributed by atoms with Crippen molar-refractivity contribution >= 4 is 5.97 Å². The molecule has 0 saturated heterocycles. The maximum Gasteiger partial charge on any atom is 0.303 e. The fourth-order valence-corrected chi connectivity index (χ4v) is 5.11. The minimum atomic E-state index is -0.688. The highest BCUT2D eigenvalue weighted by Gasteiger charge is 2.47. The summed E-state index contributed by atoms with van der Waals surface area (Å²) in [7, 11) is 0. The molecule has 0 radical (unpaired) electrons. The van der Waals surface area contributed by atoms with E-state index in [2.05, 4.69) is 12.2 Å². The van der Waals surface area contributed by atoms with Crippen LogP contribution in [-0.4, -0.2) is 23.8 Å². The van der Waals surface area contributed by atoms with E-state index < -0.39 is 5.97 Å². The number of carboxylic acid groups (broad SMARTS) is 1. The van der Waals surface area contributed by atoms with Gasteiger partial charge in [-0.25, -0.2) is 0 Å². The number of carboxylic acids is 1. The second-order valence-electron chi connectivity index (χ2n) is 7.94. The number of allylic oxidation sites excluding steroid dienone is 2. The summed E-state index contributed by atoms with van der Waals surface area (Å²) in [5.41, 5.74) is 0. The Morgan fingerprint density at radius 1 is 1.09 bits per heavy atom. The van der Waals surface area contributed by atoms with Crippen LogP contribution in [0.25, 0.3) is 0 Å².